The molecule has 1 N–H and O–H groups in total. The summed E-state index contributed by atoms with van der Waals surface area (Å²) in [5, 5.41) is 11.0. The third-order valence-electron chi connectivity index (χ3n) is 3.82. The number of halogens is 3. The summed E-state index contributed by atoms with van der Waals surface area (Å²) in [6.45, 7) is 2.27. The molecule has 24 heavy (non-hydrogen) atoms. The first-order chi connectivity index (χ1) is 11.4. The highest BCUT2D eigenvalue weighted by Gasteiger charge is 2.33. The van der Waals surface area contributed by atoms with E-state index < -0.39 is 11.9 Å². The van der Waals surface area contributed by atoms with Crippen LogP contribution in [0.5, 0.6) is 0 Å². The third kappa shape index (κ3) is 4.19. The highest BCUT2D eigenvalue weighted by atomic mass is 19.4. The number of nitrogens with zero attached hydrogens (tertiary/aromatic N) is 6. The Bertz CT molecular complexity index is 685. The number of alkyl halides is 3. The summed E-state index contributed by atoms with van der Waals surface area (Å²) in [5.74, 6) is 0.0103. The number of hydrogen-bond donors (Lipinski definition) is 1. The van der Waals surface area contributed by atoms with Crippen LogP contribution in [-0.4, -0.2) is 49.0 Å². The van der Waals surface area contributed by atoms with Gasteiger partial charge in [-0.1, -0.05) is 5.21 Å². The van der Waals surface area contributed by atoms with Crippen molar-refractivity contribution < 1.29 is 13.2 Å². The number of rotatable bonds is 4. The van der Waals surface area contributed by atoms with Gasteiger partial charge in [-0.25, -0.2) is 9.97 Å². The third-order valence-corrected chi connectivity index (χ3v) is 3.82. The number of aryl methyl sites for hydroxylation is 1. The first kappa shape index (κ1) is 16.6. The van der Waals surface area contributed by atoms with Gasteiger partial charge in [0.1, 0.15) is 5.69 Å². The van der Waals surface area contributed by atoms with Gasteiger partial charge < -0.3 is 5.32 Å². The lowest BCUT2D eigenvalue weighted by atomic mass is 10.1. The molecule has 0 amide bonds. The normalized spacial score (nSPS) is 19.4. The molecule has 1 aliphatic rings. The summed E-state index contributed by atoms with van der Waals surface area (Å²) >= 11 is 0. The lowest BCUT2D eigenvalue weighted by molar-refractivity contribution is -0.141. The molecule has 1 fully saturated rings. The van der Waals surface area contributed by atoms with E-state index in [1.165, 1.54) is 0 Å². The van der Waals surface area contributed by atoms with Gasteiger partial charge >= 0.3 is 6.18 Å². The Morgan fingerprint density at radius 2 is 2.21 bits per heavy atom. The van der Waals surface area contributed by atoms with Crippen molar-refractivity contribution in [1.82, 2.24) is 29.9 Å². The Balaban J connectivity index is 1.61. The summed E-state index contributed by atoms with van der Waals surface area (Å²) in [5.41, 5.74) is -0.0688. The summed E-state index contributed by atoms with van der Waals surface area (Å²) < 4.78 is 39.8. The van der Waals surface area contributed by atoms with Crippen LogP contribution in [0, 0.1) is 0 Å². The van der Waals surface area contributed by atoms with Gasteiger partial charge in [-0.3, -0.25) is 9.58 Å². The maximum absolute atomic E-state index is 12.7. The molecule has 10 heteroatoms. The quantitative estimate of drug-likeness (QED) is 0.913. The molecule has 0 aromatic carbocycles. The predicted octanol–water partition coefficient (Wildman–Crippen LogP) is 1.70. The SMILES string of the molecule is Cn1cc(CN2CCCC(Nc3nccc(C(F)(F)F)n3)C2)nn1. The van der Waals surface area contributed by atoms with Crippen LogP contribution in [-0.2, 0) is 19.8 Å². The van der Waals surface area contributed by atoms with Crippen LogP contribution in [0.1, 0.15) is 24.2 Å². The number of anilines is 1. The zero-order valence-corrected chi connectivity index (χ0v) is 13.2. The summed E-state index contributed by atoms with van der Waals surface area (Å²) in [6.07, 6.45) is 0.308. The van der Waals surface area contributed by atoms with Crippen molar-refractivity contribution in [3.05, 3.63) is 29.8 Å². The van der Waals surface area contributed by atoms with E-state index in [9.17, 15) is 13.2 Å². The largest absolute Gasteiger partial charge is 0.433 e. The van der Waals surface area contributed by atoms with Crippen LogP contribution < -0.4 is 5.32 Å². The van der Waals surface area contributed by atoms with E-state index >= 15 is 0 Å². The predicted molar refractivity (Wildman–Crippen MR) is 80.0 cm³/mol. The molecule has 1 aliphatic heterocycles. The molecule has 1 saturated heterocycles. The molecular formula is C14H18F3N7. The van der Waals surface area contributed by atoms with Gasteiger partial charge in [0.05, 0.1) is 5.69 Å². The molecule has 2 aromatic heterocycles. The molecule has 1 atom stereocenters. The van der Waals surface area contributed by atoms with Crippen molar-refractivity contribution in [3.8, 4) is 0 Å². The Morgan fingerprint density at radius 3 is 2.92 bits per heavy atom. The fourth-order valence-corrected chi connectivity index (χ4v) is 2.78. The van der Waals surface area contributed by atoms with Crippen molar-refractivity contribution in [3.63, 3.8) is 0 Å². The molecule has 3 rings (SSSR count). The summed E-state index contributed by atoms with van der Waals surface area (Å²) in [4.78, 5) is 9.65. The smallest absolute Gasteiger partial charge is 0.350 e. The second kappa shape index (κ2) is 6.71. The average molecular weight is 341 g/mol. The standard InChI is InChI=1S/C14H18F3N7/c1-23-7-11(21-22-23)9-24-6-2-3-10(8-24)19-13-18-5-4-12(20-13)14(15,16)17/h4-5,7,10H,2-3,6,8-9H2,1H3,(H,18,19,20). The molecule has 2 aromatic rings. The van der Waals surface area contributed by atoms with Crippen LogP contribution in [0.25, 0.3) is 0 Å². The van der Waals surface area contributed by atoms with Gasteiger partial charge in [-0.05, 0) is 25.5 Å². The van der Waals surface area contributed by atoms with Crippen LogP contribution in [0.2, 0.25) is 0 Å². The van der Waals surface area contributed by atoms with Gasteiger partial charge in [-0.2, -0.15) is 13.2 Å². The molecular weight excluding hydrogens is 323 g/mol. The highest BCUT2D eigenvalue weighted by Crippen LogP contribution is 2.27. The highest BCUT2D eigenvalue weighted by molar-refractivity contribution is 5.28. The molecule has 0 radical (unpaired) electrons. The molecule has 130 valence electrons. The fourth-order valence-electron chi connectivity index (χ4n) is 2.78. The minimum atomic E-state index is -4.47. The van der Waals surface area contributed by atoms with E-state index in [0.717, 1.165) is 37.3 Å². The summed E-state index contributed by atoms with van der Waals surface area (Å²) in [6, 6.07) is 0.866. The number of piperidine rings is 1. The van der Waals surface area contributed by atoms with Crippen LogP contribution in [0.4, 0.5) is 19.1 Å². The van der Waals surface area contributed by atoms with E-state index in [-0.39, 0.29) is 12.0 Å². The number of aromatic nitrogens is 5. The first-order valence-electron chi connectivity index (χ1n) is 7.64. The topological polar surface area (TPSA) is 71.8 Å². The molecule has 0 spiro atoms. The Labute approximate surface area is 136 Å². The van der Waals surface area contributed by atoms with Crippen LogP contribution in [0.15, 0.2) is 18.5 Å². The first-order valence-corrected chi connectivity index (χ1v) is 7.64. The van der Waals surface area contributed by atoms with E-state index in [4.69, 9.17) is 0 Å². The molecule has 3 heterocycles. The molecule has 7 nitrogen and oxygen atoms in total. The van der Waals surface area contributed by atoms with Crippen LogP contribution in [0.3, 0.4) is 0 Å². The fraction of sp³-hybridized carbons (Fsp3) is 0.571. The minimum Gasteiger partial charge on any atom is -0.350 e. The van der Waals surface area contributed by atoms with Crippen molar-refractivity contribution in [1.29, 1.82) is 0 Å². The number of likely N-dealkylation sites (tertiary alicyclic amines) is 1. The molecule has 0 aliphatic carbocycles. The molecule has 0 bridgehead atoms. The van der Waals surface area contributed by atoms with E-state index in [1.54, 1.807) is 4.68 Å². The number of nitrogens with one attached hydrogen (secondary N) is 1. The summed E-state index contributed by atoms with van der Waals surface area (Å²) in [7, 11) is 1.81. The van der Waals surface area contributed by atoms with Gasteiger partial charge in [0.15, 0.2) is 0 Å². The van der Waals surface area contributed by atoms with Crippen molar-refractivity contribution in [2.24, 2.45) is 7.05 Å². The van der Waals surface area contributed by atoms with E-state index in [1.807, 2.05) is 13.2 Å². The molecule has 0 saturated carbocycles. The average Bonchev–Trinajstić information content (AvgIpc) is 2.92. The maximum atomic E-state index is 12.7. The zero-order valence-electron chi connectivity index (χ0n) is 13.2. The maximum Gasteiger partial charge on any atom is 0.433 e. The van der Waals surface area contributed by atoms with Gasteiger partial charge in [-0.15, -0.1) is 5.10 Å². The van der Waals surface area contributed by atoms with Crippen molar-refractivity contribution >= 4 is 5.95 Å². The lowest BCUT2D eigenvalue weighted by Crippen LogP contribution is -2.42. The van der Waals surface area contributed by atoms with E-state index in [0.29, 0.717) is 13.1 Å². The lowest BCUT2D eigenvalue weighted by Gasteiger charge is -2.32. The van der Waals surface area contributed by atoms with Gasteiger partial charge in [0.2, 0.25) is 5.95 Å². The molecule has 1 unspecified atom stereocenters. The zero-order chi connectivity index (χ0) is 17.2. The minimum absolute atomic E-state index is 0.00101. The van der Waals surface area contributed by atoms with E-state index in [2.05, 4.69) is 30.5 Å². The second-order valence-electron chi connectivity index (χ2n) is 5.87. The number of hydrogen-bond acceptors (Lipinski definition) is 6. The second-order valence-corrected chi connectivity index (χ2v) is 5.87. The van der Waals surface area contributed by atoms with Crippen molar-refractivity contribution in [2.75, 3.05) is 18.4 Å². The Hall–Kier alpha value is -2.23. The Morgan fingerprint density at radius 1 is 1.38 bits per heavy atom. The van der Waals surface area contributed by atoms with Crippen LogP contribution >= 0.6 is 0 Å². The van der Waals surface area contributed by atoms with Gasteiger partial charge in [0.25, 0.3) is 0 Å². The van der Waals surface area contributed by atoms with Crippen molar-refractivity contribution in [2.45, 2.75) is 31.6 Å². The van der Waals surface area contributed by atoms with Gasteiger partial charge in [0, 0.05) is 38.6 Å². The Kier molecular flexibility index (Phi) is 4.65. The monoisotopic (exact) mass is 341 g/mol.